The smallest absolute Gasteiger partial charge is 0.264 e. The zero-order valence-electron chi connectivity index (χ0n) is 17.3. The van der Waals surface area contributed by atoms with Gasteiger partial charge >= 0.3 is 0 Å². The minimum absolute atomic E-state index is 0.0854. The number of benzene rings is 2. The molecular formula is C24H24Cl2N2O2S. The molecule has 2 heterocycles. The number of carbonyl (C=O) groups excluding carboxylic acids is 1. The maximum absolute atomic E-state index is 12.9. The maximum atomic E-state index is 12.9. The molecule has 0 N–H and O–H groups in total. The van der Waals surface area contributed by atoms with Crippen molar-refractivity contribution in [1.29, 1.82) is 0 Å². The van der Waals surface area contributed by atoms with E-state index >= 15 is 0 Å². The fraction of sp³-hybridized carbons (Fsp3) is 0.292. The van der Waals surface area contributed by atoms with Crippen LogP contribution < -0.4 is 4.74 Å². The van der Waals surface area contributed by atoms with Crippen LogP contribution in [0.5, 0.6) is 5.75 Å². The first-order valence-corrected chi connectivity index (χ1v) is 11.8. The van der Waals surface area contributed by atoms with Gasteiger partial charge in [-0.15, -0.1) is 11.3 Å². The molecule has 1 aliphatic rings. The van der Waals surface area contributed by atoms with E-state index in [0.29, 0.717) is 36.3 Å². The summed E-state index contributed by atoms with van der Waals surface area (Å²) < 4.78 is 5.85. The predicted molar refractivity (Wildman–Crippen MR) is 127 cm³/mol. The Kier molecular flexibility index (Phi) is 7.18. The first kappa shape index (κ1) is 22.2. The van der Waals surface area contributed by atoms with Crippen LogP contribution in [0.4, 0.5) is 0 Å². The summed E-state index contributed by atoms with van der Waals surface area (Å²) in [6.45, 7) is 6.16. The monoisotopic (exact) mass is 474 g/mol. The second kappa shape index (κ2) is 10.0. The van der Waals surface area contributed by atoms with Crippen molar-refractivity contribution in [1.82, 2.24) is 9.80 Å². The van der Waals surface area contributed by atoms with Crippen molar-refractivity contribution in [2.75, 3.05) is 26.2 Å². The van der Waals surface area contributed by atoms with Crippen LogP contribution in [0.25, 0.3) is 0 Å². The molecule has 0 spiro atoms. The van der Waals surface area contributed by atoms with Crippen molar-refractivity contribution in [2.24, 2.45) is 0 Å². The van der Waals surface area contributed by atoms with E-state index in [1.807, 2.05) is 65.7 Å². The molecule has 1 saturated heterocycles. The minimum atomic E-state index is 0.0854. The SMILES string of the molecule is Cc1cccc(OCc2csc(C(=O)N3CCN(Cc4c(Cl)cccc4Cl)CC3)c2)c1. The van der Waals surface area contributed by atoms with Gasteiger partial charge in [0.25, 0.3) is 5.91 Å². The molecule has 1 amide bonds. The number of halogens is 2. The largest absolute Gasteiger partial charge is 0.489 e. The van der Waals surface area contributed by atoms with E-state index in [4.69, 9.17) is 27.9 Å². The van der Waals surface area contributed by atoms with Crippen molar-refractivity contribution in [3.8, 4) is 5.75 Å². The Bertz CT molecular complexity index is 1040. The summed E-state index contributed by atoms with van der Waals surface area (Å²) in [7, 11) is 0. The van der Waals surface area contributed by atoms with Gasteiger partial charge in [0.2, 0.25) is 0 Å². The highest BCUT2D eigenvalue weighted by Gasteiger charge is 2.24. The summed E-state index contributed by atoms with van der Waals surface area (Å²) >= 11 is 14.1. The number of nitrogens with zero attached hydrogens (tertiary/aromatic N) is 2. The second-order valence-electron chi connectivity index (χ2n) is 7.69. The van der Waals surface area contributed by atoms with Gasteiger partial charge in [-0.25, -0.2) is 0 Å². The molecule has 4 rings (SSSR count). The third kappa shape index (κ3) is 5.60. The van der Waals surface area contributed by atoms with Crippen LogP contribution in [0, 0.1) is 6.92 Å². The Balaban J connectivity index is 1.30. The Hall–Kier alpha value is -2.05. The van der Waals surface area contributed by atoms with E-state index in [9.17, 15) is 4.79 Å². The zero-order chi connectivity index (χ0) is 21.8. The molecule has 0 unspecified atom stereocenters. The topological polar surface area (TPSA) is 32.8 Å². The summed E-state index contributed by atoms with van der Waals surface area (Å²) in [5, 5.41) is 3.37. The average Bonchev–Trinajstić information content (AvgIpc) is 3.24. The van der Waals surface area contributed by atoms with Gasteiger partial charge in [0.1, 0.15) is 12.4 Å². The van der Waals surface area contributed by atoms with Gasteiger partial charge in [0.05, 0.1) is 4.88 Å². The number of aryl methyl sites for hydroxylation is 1. The number of amides is 1. The molecule has 31 heavy (non-hydrogen) atoms. The number of hydrogen-bond acceptors (Lipinski definition) is 4. The number of piperazine rings is 1. The number of thiophene rings is 1. The lowest BCUT2D eigenvalue weighted by Gasteiger charge is -2.34. The number of rotatable bonds is 6. The summed E-state index contributed by atoms with van der Waals surface area (Å²) in [5.41, 5.74) is 3.12. The molecule has 162 valence electrons. The lowest BCUT2D eigenvalue weighted by Crippen LogP contribution is -2.48. The Morgan fingerprint density at radius 1 is 1.03 bits per heavy atom. The third-order valence-corrected chi connectivity index (χ3v) is 7.04. The fourth-order valence-corrected chi connectivity index (χ4v) is 4.99. The molecule has 3 aromatic rings. The van der Waals surface area contributed by atoms with Crippen LogP contribution in [-0.4, -0.2) is 41.9 Å². The zero-order valence-corrected chi connectivity index (χ0v) is 19.6. The first-order chi connectivity index (χ1) is 15.0. The van der Waals surface area contributed by atoms with Gasteiger partial charge in [-0.05, 0) is 48.2 Å². The molecule has 1 aromatic heterocycles. The predicted octanol–water partition coefficient (Wildman–Crippen LogP) is 5.90. The fourth-order valence-electron chi connectivity index (χ4n) is 3.61. The van der Waals surface area contributed by atoms with E-state index in [-0.39, 0.29) is 5.91 Å². The van der Waals surface area contributed by atoms with Gasteiger partial charge in [0, 0.05) is 53.9 Å². The Morgan fingerprint density at radius 2 is 1.74 bits per heavy atom. The van der Waals surface area contributed by atoms with E-state index < -0.39 is 0 Å². The molecule has 4 nitrogen and oxygen atoms in total. The van der Waals surface area contributed by atoms with E-state index in [0.717, 1.165) is 40.4 Å². The maximum Gasteiger partial charge on any atom is 0.264 e. The highest BCUT2D eigenvalue weighted by molar-refractivity contribution is 7.12. The van der Waals surface area contributed by atoms with Crippen molar-refractivity contribution >= 4 is 40.4 Å². The summed E-state index contributed by atoms with van der Waals surface area (Å²) in [6, 6.07) is 15.5. The van der Waals surface area contributed by atoms with Gasteiger partial charge in [-0.2, -0.15) is 0 Å². The highest BCUT2D eigenvalue weighted by Crippen LogP contribution is 2.26. The molecule has 0 aliphatic carbocycles. The Morgan fingerprint density at radius 3 is 2.45 bits per heavy atom. The van der Waals surface area contributed by atoms with Crippen LogP contribution in [0.1, 0.15) is 26.4 Å². The van der Waals surface area contributed by atoms with Crippen LogP contribution in [-0.2, 0) is 13.2 Å². The van der Waals surface area contributed by atoms with Gasteiger partial charge < -0.3 is 9.64 Å². The molecule has 1 aliphatic heterocycles. The van der Waals surface area contributed by atoms with Crippen LogP contribution >= 0.6 is 34.5 Å². The molecule has 0 atom stereocenters. The lowest BCUT2D eigenvalue weighted by atomic mass is 10.2. The molecule has 0 bridgehead atoms. The van der Waals surface area contributed by atoms with Gasteiger partial charge in [-0.3, -0.25) is 9.69 Å². The molecule has 2 aromatic carbocycles. The standard InChI is InChI=1S/C24H24Cl2N2O2S/c1-17-4-2-5-19(12-17)30-15-18-13-23(31-16-18)24(29)28-10-8-27(9-11-28)14-20-21(25)6-3-7-22(20)26/h2-7,12-13,16H,8-11,14-15H2,1H3. The summed E-state index contributed by atoms with van der Waals surface area (Å²) in [4.78, 5) is 17.9. The third-order valence-electron chi connectivity index (χ3n) is 5.36. The van der Waals surface area contributed by atoms with E-state index in [1.165, 1.54) is 11.3 Å². The number of hydrogen-bond donors (Lipinski definition) is 0. The molecular weight excluding hydrogens is 451 g/mol. The first-order valence-electron chi connectivity index (χ1n) is 10.2. The normalized spacial score (nSPS) is 14.6. The molecule has 0 radical (unpaired) electrons. The van der Waals surface area contributed by atoms with E-state index in [2.05, 4.69) is 4.90 Å². The van der Waals surface area contributed by atoms with Crippen LogP contribution in [0.15, 0.2) is 53.9 Å². The van der Waals surface area contributed by atoms with Crippen LogP contribution in [0.2, 0.25) is 10.0 Å². The van der Waals surface area contributed by atoms with Gasteiger partial charge in [-0.1, -0.05) is 41.4 Å². The molecule has 0 saturated carbocycles. The molecule has 1 fully saturated rings. The van der Waals surface area contributed by atoms with Crippen molar-refractivity contribution in [2.45, 2.75) is 20.1 Å². The lowest BCUT2D eigenvalue weighted by molar-refractivity contribution is 0.0633. The van der Waals surface area contributed by atoms with Gasteiger partial charge in [0.15, 0.2) is 0 Å². The molecule has 7 heteroatoms. The van der Waals surface area contributed by atoms with E-state index in [1.54, 1.807) is 0 Å². The van der Waals surface area contributed by atoms with Crippen molar-refractivity contribution in [3.63, 3.8) is 0 Å². The van der Waals surface area contributed by atoms with Crippen molar-refractivity contribution in [3.05, 3.63) is 85.5 Å². The summed E-state index contributed by atoms with van der Waals surface area (Å²) in [5.74, 6) is 0.927. The second-order valence-corrected chi connectivity index (χ2v) is 9.42. The Labute approximate surface area is 197 Å². The summed E-state index contributed by atoms with van der Waals surface area (Å²) in [6.07, 6.45) is 0. The highest BCUT2D eigenvalue weighted by atomic mass is 35.5. The van der Waals surface area contributed by atoms with Crippen molar-refractivity contribution < 1.29 is 9.53 Å². The number of ether oxygens (including phenoxy) is 1. The minimum Gasteiger partial charge on any atom is -0.489 e. The average molecular weight is 475 g/mol. The quantitative estimate of drug-likeness (QED) is 0.445. The van der Waals surface area contributed by atoms with Crippen LogP contribution in [0.3, 0.4) is 0 Å². The number of carbonyl (C=O) groups is 1.